The molecular weight excluding hydrogens is 356 g/mol. The van der Waals surface area contributed by atoms with Crippen LogP contribution < -0.4 is 0 Å². The number of hydrogen-bond acceptors (Lipinski definition) is 4. The molecule has 1 aromatic carbocycles. The summed E-state index contributed by atoms with van der Waals surface area (Å²) in [4.78, 5) is 27.2. The van der Waals surface area contributed by atoms with Crippen molar-refractivity contribution in [1.82, 2.24) is 4.90 Å². The molecule has 1 aromatic rings. The van der Waals surface area contributed by atoms with Gasteiger partial charge in [0.2, 0.25) is 0 Å². The molecule has 2 aliphatic rings. The first-order valence-electron chi connectivity index (χ1n) is 9.16. The summed E-state index contributed by atoms with van der Waals surface area (Å²) in [6.07, 6.45) is 0.413. The number of halogens is 2. The second kappa shape index (κ2) is 7.19. The normalized spacial score (nSPS) is 25.3. The van der Waals surface area contributed by atoms with E-state index in [0.29, 0.717) is 26.1 Å². The van der Waals surface area contributed by atoms with E-state index in [0.717, 1.165) is 6.07 Å². The average molecular weight is 381 g/mol. The maximum absolute atomic E-state index is 13.9. The highest BCUT2D eigenvalue weighted by molar-refractivity contribution is 5.99. The lowest BCUT2D eigenvalue weighted by Gasteiger charge is -2.47. The van der Waals surface area contributed by atoms with Crippen LogP contribution in [-0.2, 0) is 9.47 Å². The number of piperidine rings is 1. The Morgan fingerprint density at radius 2 is 1.74 bits per heavy atom. The zero-order valence-electron chi connectivity index (χ0n) is 16.1. The van der Waals surface area contributed by atoms with Crippen molar-refractivity contribution in [2.45, 2.75) is 58.2 Å². The fourth-order valence-electron chi connectivity index (χ4n) is 3.88. The van der Waals surface area contributed by atoms with E-state index < -0.39 is 23.3 Å². The van der Waals surface area contributed by atoms with Gasteiger partial charge in [0.05, 0.1) is 25.3 Å². The number of carbonyl (C=O) groups is 2. The average Bonchev–Trinajstić information content (AvgIpc) is 2.56. The summed E-state index contributed by atoms with van der Waals surface area (Å²) in [6, 6.07) is 1.77. The topological polar surface area (TPSA) is 55.8 Å². The van der Waals surface area contributed by atoms with Crippen molar-refractivity contribution in [1.29, 1.82) is 0 Å². The van der Waals surface area contributed by atoms with Crippen LogP contribution >= 0.6 is 0 Å². The van der Waals surface area contributed by atoms with E-state index in [2.05, 4.69) is 0 Å². The minimum absolute atomic E-state index is 0.0241. The lowest BCUT2D eigenvalue weighted by Crippen LogP contribution is -2.60. The van der Waals surface area contributed by atoms with Crippen LogP contribution in [0.5, 0.6) is 0 Å². The van der Waals surface area contributed by atoms with Crippen LogP contribution in [0.2, 0.25) is 0 Å². The molecule has 5 nitrogen and oxygen atoms in total. The predicted octanol–water partition coefficient (Wildman–Crippen LogP) is 3.87. The number of rotatable bonds is 2. The Balaban J connectivity index is 1.79. The molecule has 0 saturated carbocycles. The van der Waals surface area contributed by atoms with Gasteiger partial charge in [-0.15, -0.1) is 0 Å². The number of Topliss-reactive ketones (excluding diaryl/α,β-unsaturated/α-hetero) is 1. The zero-order chi connectivity index (χ0) is 19.9. The molecule has 7 heteroatoms. The second-order valence-corrected chi connectivity index (χ2v) is 8.30. The summed E-state index contributed by atoms with van der Waals surface area (Å²) in [5.41, 5.74) is -0.388. The third-order valence-electron chi connectivity index (χ3n) is 5.10. The smallest absolute Gasteiger partial charge is 0.410 e. The molecule has 2 heterocycles. The number of fused-ring (bicyclic) bond motifs is 2. The Bertz CT molecular complexity index is 745. The monoisotopic (exact) mass is 381 g/mol. The van der Waals surface area contributed by atoms with Crippen LogP contribution in [0.15, 0.2) is 12.1 Å². The van der Waals surface area contributed by atoms with E-state index in [1.807, 2.05) is 0 Å². The van der Waals surface area contributed by atoms with Crippen molar-refractivity contribution in [3.63, 3.8) is 0 Å². The Kier molecular flexibility index (Phi) is 5.25. The minimum atomic E-state index is -0.990. The number of nitrogens with zero attached hydrogens (tertiary/aromatic N) is 1. The first-order valence-corrected chi connectivity index (χ1v) is 9.16. The molecule has 0 spiro atoms. The van der Waals surface area contributed by atoms with E-state index in [4.69, 9.17) is 9.47 Å². The SMILES string of the molecule is Cc1c(C(=O)C2CC3COCC(C2)N3C(=O)OC(C)(C)C)ccc(F)c1F. The summed E-state index contributed by atoms with van der Waals surface area (Å²) in [5.74, 6) is -2.54. The van der Waals surface area contributed by atoms with Crippen molar-refractivity contribution in [3.05, 3.63) is 34.9 Å². The molecule has 0 aliphatic carbocycles. The van der Waals surface area contributed by atoms with Crippen LogP contribution in [0.25, 0.3) is 0 Å². The number of ether oxygens (including phenoxy) is 2. The Morgan fingerprint density at radius 1 is 1.15 bits per heavy atom. The summed E-state index contributed by atoms with van der Waals surface area (Å²) in [5, 5.41) is 0. The van der Waals surface area contributed by atoms with Crippen molar-refractivity contribution in [2.75, 3.05) is 13.2 Å². The third kappa shape index (κ3) is 3.98. The fraction of sp³-hybridized carbons (Fsp3) is 0.600. The van der Waals surface area contributed by atoms with Crippen LogP contribution in [0.1, 0.15) is 49.5 Å². The fourth-order valence-corrected chi connectivity index (χ4v) is 3.88. The molecule has 3 rings (SSSR count). The maximum Gasteiger partial charge on any atom is 0.410 e. The standard InChI is InChI=1S/C20H25F2NO4/c1-11-15(5-6-16(21)17(11)22)18(24)12-7-13-9-26-10-14(8-12)23(13)19(25)27-20(2,3)4/h5-6,12-14H,7-10H2,1-4H3. The molecule has 2 fully saturated rings. The first-order chi connectivity index (χ1) is 12.6. The van der Waals surface area contributed by atoms with Crippen molar-refractivity contribution < 1.29 is 27.8 Å². The highest BCUT2D eigenvalue weighted by atomic mass is 19.2. The lowest BCUT2D eigenvalue weighted by atomic mass is 9.80. The minimum Gasteiger partial charge on any atom is -0.444 e. The number of carbonyl (C=O) groups excluding carboxylic acids is 2. The molecule has 2 atom stereocenters. The van der Waals surface area contributed by atoms with Gasteiger partial charge in [-0.3, -0.25) is 9.69 Å². The Labute approximate surface area is 157 Å². The summed E-state index contributed by atoms with van der Waals surface area (Å²) in [7, 11) is 0. The quantitative estimate of drug-likeness (QED) is 0.730. The van der Waals surface area contributed by atoms with Gasteiger partial charge in [-0.1, -0.05) is 0 Å². The highest BCUT2D eigenvalue weighted by Crippen LogP contribution is 2.35. The van der Waals surface area contributed by atoms with Crippen LogP contribution in [0.4, 0.5) is 13.6 Å². The van der Waals surface area contributed by atoms with Gasteiger partial charge in [-0.25, -0.2) is 13.6 Å². The summed E-state index contributed by atoms with van der Waals surface area (Å²) < 4.78 is 38.3. The summed E-state index contributed by atoms with van der Waals surface area (Å²) >= 11 is 0. The molecule has 2 aliphatic heterocycles. The van der Waals surface area contributed by atoms with Gasteiger partial charge < -0.3 is 9.47 Å². The first kappa shape index (κ1) is 19.7. The Hall–Kier alpha value is -2.02. The molecule has 2 saturated heterocycles. The van der Waals surface area contributed by atoms with Crippen LogP contribution in [0.3, 0.4) is 0 Å². The number of morpholine rings is 1. The molecule has 0 N–H and O–H groups in total. The van der Waals surface area contributed by atoms with Gasteiger partial charge in [-0.05, 0) is 58.2 Å². The van der Waals surface area contributed by atoms with E-state index in [9.17, 15) is 18.4 Å². The van der Waals surface area contributed by atoms with E-state index in [-0.39, 0.29) is 34.9 Å². The largest absolute Gasteiger partial charge is 0.444 e. The van der Waals surface area contributed by atoms with Crippen LogP contribution in [-0.4, -0.2) is 47.7 Å². The van der Waals surface area contributed by atoms with Crippen molar-refractivity contribution in [3.8, 4) is 0 Å². The number of hydrogen-bond donors (Lipinski definition) is 0. The van der Waals surface area contributed by atoms with Gasteiger partial charge in [0.1, 0.15) is 5.60 Å². The molecule has 2 bridgehead atoms. The molecule has 1 amide bonds. The number of ketones is 1. The zero-order valence-corrected chi connectivity index (χ0v) is 16.1. The third-order valence-corrected chi connectivity index (χ3v) is 5.10. The van der Waals surface area contributed by atoms with Crippen molar-refractivity contribution in [2.24, 2.45) is 5.92 Å². The van der Waals surface area contributed by atoms with Gasteiger partial charge in [0, 0.05) is 11.5 Å². The molecule has 148 valence electrons. The maximum atomic E-state index is 13.9. The van der Waals surface area contributed by atoms with Crippen LogP contribution in [0, 0.1) is 24.5 Å². The number of benzene rings is 1. The molecule has 27 heavy (non-hydrogen) atoms. The molecule has 0 radical (unpaired) electrons. The predicted molar refractivity (Wildman–Crippen MR) is 94.6 cm³/mol. The number of amides is 1. The summed E-state index contributed by atoms with van der Waals surface area (Å²) in [6.45, 7) is 7.48. The Morgan fingerprint density at radius 3 is 2.30 bits per heavy atom. The molecule has 0 aromatic heterocycles. The van der Waals surface area contributed by atoms with Gasteiger partial charge >= 0.3 is 6.09 Å². The van der Waals surface area contributed by atoms with E-state index in [1.165, 1.54) is 13.0 Å². The second-order valence-electron chi connectivity index (χ2n) is 8.30. The highest BCUT2D eigenvalue weighted by Gasteiger charge is 2.45. The van der Waals surface area contributed by atoms with Gasteiger partial charge in [0.15, 0.2) is 17.4 Å². The van der Waals surface area contributed by atoms with Crippen molar-refractivity contribution >= 4 is 11.9 Å². The lowest BCUT2D eigenvalue weighted by molar-refractivity contribution is -0.0861. The van der Waals surface area contributed by atoms with Gasteiger partial charge in [0.25, 0.3) is 0 Å². The molecule has 2 unspecified atom stereocenters. The van der Waals surface area contributed by atoms with E-state index >= 15 is 0 Å². The van der Waals surface area contributed by atoms with Gasteiger partial charge in [-0.2, -0.15) is 0 Å². The van der Waals surface area contributed by atoms with E-state index in [1.54, 1.807) is 25.7 Å². The molecular formula is C20H25F2NO4.